The van der Waals surface area contributed by atoms with Crippen LogP contribution in [0, 0.1) is 13.8 Å². The second-order valence-electron chi connectivity index (χ2n) is 11.9. The third-order valence-electron chi connectivity index (χ3n) is 8.86. The van der Waals surface area contributed by atoms with Gasteiger partial charge >= 0.3 is 5.97 Å². The summed E-state index contributed by atoms with van der Waals surface area (Å²) in [5, 5.41) is 10.3. The number of nitrogens with zero attached hydrogens (tertiary/aromatic N) is 7. The largest absolute Gasteiger partial charge is 0.478 e. The summed E-state index contributed by atoms with van der Waals surface area (Å²) in [5.74, 6) is -0.104. The van der Waals surface area contributed by atoms with Gasteiger partial charge in [0.15, 0.2) is 0 Å². The van der Waals surface area contributed by atoms with Crippen LogP contribution in [0.5, 0.6) is 0 Å². The van der Waals surface area contributed by atoms with E-state index >= 15 is 0 Å². The molecule has 5 aromatic rings. The van der Waals surface area contributed by atoms with Gasteiger partial charge in [0.1, 0.15) is 5.82 Å². The topological polar surface area (TPSA) is 99.7 Å². The Morgan fingerprint density at radius 3 is 2.48 bits per heavy atom. The van der Waals surface area contributed by atoms with E-state index < -0.39 is 5.97 Å². The van der Waals surface area contributed by atoms with E-state index in [1.807, 2.05) is 73.3 Å². The molecule has 0 radical (unpaired) electrons. The lowest BCUT2D eigenvalue weighted by atomic mass is 10.0. The molecule has 11 heteroatoms. The Bertz CT molecular complexity index is 1920. The molecule has 1 aliphatic heterocycles. The first kappa shape index (κ1) is 31.3. The molecule has 0 unspecified atom stereocenters. The summed E-state index contributed by atoms with van der Waals surface area (Å²) < 4.78 is 4.17. The van der Waals surface area contributed by atoms with Crippen LogP contribution in [-0.4, -0.2) is 79.1 Å². The quantitative estimate of drug-likeness (QED) is 0.211. The number of hydrogen-bond acceptors (Lipinski definition) is 6. The van der Waals surface area contributed by atoms with Crippen molar-refractivity contribution in [1.29, 1.82) is 0 Å². The molecule has 1 fully saturated rings. The molecule has 1 aliphatic rings. The molecular formula is C35H38ClN7O3. The summed E-state index contributed by atoms with van der Waals surface area (Å²) >= 11 is 6.55. The van der Waals surface area contributed by atoms with Crippen LogP contribution in [0.25, 0.3) is 11.0 Å². The highest BCUT2D eigenvalue weighted by Crippen LogP contribution is 2.32. The second kappa shape index (κ2) is 13.0. The Morgan fingerprint density at radius 2 is 1.76 bits per heavy atom. The minimum absolute atomic E-state index is 0.0173. The summed E-state index contributed by atoms with van der Waals surface area (Å²) in [6, 6.07) is 17.0. The van der Waals surface area contributed by atoms with Crippen LogP contribution in [0.1, 0.15) is 50.3 Å². The second-order valence-corrected chi connectivity index (χ2v) is 12.3. The fourth-order valence-corrected chi connectivity index (χ4v) is 6.44. The normalized spacial score (nSPS) is 13.8. The molecule has 1 amide bonds. The fraction of sp³-hybridized carbons (Fsp3) is 0.314. The van der Waals surface area contributed by atoms with Crippen LogP contribution in [0.2, 0.25) is 5.02 Å². The number of piperazine rings is 1. The highest BCUT2D eigenvalue weighted by molar-refractivity contribution is 6.33. The zero-order valence-electron chi connectivity index (χ0n) is 26.6. The van der Waals surface area contributed by atoms with E-state index in [-0.39, 0.29) is 11.5 Å². The summed E-state index contributed by atoms with van der Waals surface area (Å²) in [4.78, 5) is 41.0. The van der Waals surface area contributed by atoms with Crippen molar-refractivity contribution in [2.45, 2.75) is 40.4 Å². The van der Waals surface area contributed by atoms with Gasteiger partial charge in [0.2, 0.25) is 0 Å². The lowest BCUT2D eigenvalue weighted by Gasteiger charge is -2.35. The lowest BCUT2D eigenvalue weighted by Crippen LogP contribution is -2.48. The van der Waals surface area contributed by atoms with E-state index in [1.165, 1.54) is 0 Å². The van der Waals surface area contributed by atoms with Gasteiger partial charge < -0.3 is 24.0 Å². The highest BCUT2D eigenvalue weighted by atomic mass is 35.5. The number of aryl methyl sites for hydroxylation is 3. The Balaban J connectivity index is 1.19. The molecule has 3 aromatic carbocycles. The first-order valence-electron chi connectivity index (χ1n) is 15.5. The standard InChI is InChI=1S/C35H38ClN7O3/c1-5-41-22-37-19-27(41)20-43-32-17-25(35(45)46)8-10-30(32)38-33(43)21-40-12-14-42(15-13-40)34(44)28-18-26(9-7-24(28)3)39(4)31-11-6-23(2)16-29(31)36/h6-11,16-19,22H,5,12-15,20-21H2,1-4H3,(H,45,46). The molecule has 0 aliphatic carbocycles. The monoisotopic (exact) mass is 639 g/mol. The van der Waals surface area contributed by atoms with Crippen LogP contribution in [0.4, 0.5) is 11.4 Å². The van der Waals surface area contributed by atoms with Crippen molar-refractivity contribution in [3.8, 4) is 0 Å². The molecule has 0 saturated carbocycles. The van der Waals surface area contributed by atoms with Gasteiger partial charge in [-0.25, -0.2) is 14.8 Å². The molecule has 0 bridgehead atoms. The maximum atomic E-state index is 13.8. The van der Waals surface area contributed by atoms with E-state index in [2.05, 4.69) is 25.9 Å². The fourth-order valence-electron chi connectivity index (χ4n) is 6.08. The zero-order chi connectivity index (χ0) is 32.5. The highest BCUT2D eigenvalue weighted by Gasteiger charge is 2.26. The van der Waals surface area contributed by atoms with Gasteiger partial charge in [-0.1, -0.05) is 23.7 Å². The Labute approximate surface area is 273 Å². The summed E-state index contributed by atoms with van der Waals surface area (Å²) in [7, 11) is 1.96. The number of carboxylic acids is 1. The lowest BCUT2D eigenvalue weighted by molar-refractivity contribution is 0.0622. The average Bonchev–Trinajstić information content (AvgIpc) is 3.64. The van der Waals surface area contributed by atoms with Crippen molar-refractivity contribution in [3.63, 3.8) is 0 Å². The van der Waals surface area contributed by atoms with E-state index in [4.69, 9.17) is 16.6 Å². The number of aromatic nitrogens is 4. The van der Waals surface area contributed by atoms with Crippen molar-refractivity contribution in [1.82, 2.24) is 28.9 Å². The van der Waals surface area contributed by atoms with E-state index in [1.54, 1.807) is 24.5 Å². The maximum absolute atomic E-state index is 13.8. The van der Waals surface area contributed by atoms with Crippen LogP contribution >= 0.6 is 11.6 Å². The number of benzene rings is 3. The van der Waals surface area contributed by atoms with Crippen LogP contribution < -0.4 is 4.90 Å². The third kappa shape index (κ3) is 6.23. The molecular weight excluding hydrogens is 602 g/mol. The van der Waals surface area contributed by atoms with E-state index in [9.17, 15) is 14.7 Å². The molecule has 3 heterocycles. The summed E-state index contributed by atoms with van der Waals surface area (Å²) in [6.45, 7) is 10.5. The number of aromatic carboxylic acids is 1. The van der Waals surface area contributed by atoms with Crippen molar-refractivity contribution < 1.29 is 14.7 Å². The van der Waals surface area contributed by atoms with Crippen LogP contribution in [0.15, 0.2) is 67.1 Å². The van der Waals surface area contributed by atoms with Gasteiger partial charge in [0.05, 0.1) is 52.4 Å². The predicted molar refractivity (Wildman–Crippen MR) is 180 cm³/mol. The van der Waals surface area contributed by atoms with Crippen molar-refractivity contribution >= 4 is 45.9 Å². The number of amides is 1. The molecule has 1 N–H and O–H groups in total. The molecule has 0 atom stereocenters. The van der Waals surface area contributed by atoms with Crippen LogP contribution in [-0.2, 0) is 19.6 Å². The summed E-state index contributed by atoms with van der Waals surface area (Å²) in [6.07, 6.45) is 3.65. The zero-order valence-corrected chi connectivity index (χ0v) is 27.3. The number of fused-ring (bicyclic) bond motifs is 1. The number of carbonyl (C=O) groups is 2. The van der Waals surface area contributed by atoms with Crippen molar-refractivity contribution in [2.75, 3.05) is 38.1 Å². The molecule has 2 aromatic heterocycles. The Morgan fingerprint density at radius 1 is 0.978 bits per heavy atom. The molecule has 6 rings (SSSR count). The molecule has 0 spiro atoms. The Hall–Kier alpha value is -4.67. The number of rotatable bonds is 9. The molecule has 10 nitrogen and oxygen atoms in total. The number of anilines is 2. The maximum Gasteiger partial charge on any atom is 0.335 e. The van der Waals surface area contributed by atoms with Gasteiger partial charge in [-0.3, -0.25) is 9.69 Å². The minimum Gasteiger partial charge on any atom is -0.478 e. The van der Waals surface area contributed by atoms with Gasteiger partial charge in [-0.15, -0.1) is 0 Å². The minimum atomic E-state index is -0.970. The first-order valence-corrected chi connectivity index (χ1v) is 15.8. The van der Waals surface area contributed by atoms with Gasteiger partial charge in [-0.2, -0.15) is 0 Å². The number of hydrogen-bond donors (Lipinski definition) is 1. The third-order valence-corrected chi connectivity index (χ3v) is 9.16. The van der Waals surface area contributed by atoms with Gasteiger partial charge in [0.25, 0.3) is 5.91 Å². The van der Waals surface area contributed by atoms with E-state index in [0.29, 0.717) is 49.9 Å². The SMILES string of the molecule is CCn1cncc1Cn1c(CN2CCN(C(=O)c3cc(N(C)c4ccc(C)cc4Cl)ccc3C)CC2)nc2ccc(C(=O)O)cc21. The molecule has 238 valence electrons. The molecule has 46 heavy (non-hydrogen) atoms. The number of halogens is 1. The van der Waals surface area contributed by atoms with Crippen molar-refractivity contribution in [3.05, 3.63) is 106 Å². The number of imidazole rings is 2. The van der Waals surface area contributed by atoms with E-state index in [0.717, 1.165) is 51.6 Å². The van der Waals surface area contributed by atoms with Gasteiger partial charge in [-0.05, 0) is 74.4 Å². The Kier molecular flexibility index (Phi) is 8.84. The number of carboxylic acid groups (broad SMARTS) is 1. The predicted octanol–water partition coefficient (Wildman–Crippen LogP) is 6.00. The van der Waals surface area contributed by atoms with Crippen molar-refractivity contribution in [2.24, 2.45) is 0 Å². The molecule has 1 saturated heterocycles. The first-order chi connectivity index (χ1) is 22.1. The summed E-state index contributed by atoms with van der Waals surface area (Å²) in [5.41, 5.74) is 7.26. The number of carbonyl (C=O) groups excluding carboxylic acids is 1. The van der Waals surface area contributed by atoms with Gasteiger partial charge in [0, 0.05) is 57.2 Å². The average molecular weight is 640 g/mol. The smallest absolute Gasteiger partial charge is 0.335 e. The van der Waals surface area contributed by atoms with Crippen LogP contribution in [0.3, 0.4) is 0 Å².